The van der Waals surface area contributed by atoms with Crippen molar-refractivity contribution >= 4 is 11.4 Å². The minimum atomic E-state index is -0.0971. The SMILES string of the molecule is CCc1ccc(C2=NC(c3ccc(OC)cc3)N(c3ccc(OC)cc3)C2C)cc1. The first kappa shape index (κ1) is 20.0. The van der Waals surface area contributed by atoms with E-state index in [4.69, 9.17) is 14.5 Å². The average Bonchev–Trinajstić information content (AvgIpc) is 3.16. The Morgan fingerprint density at radius 1 is 0.800 bits per heavy atom. The number of methoxy groups -OCH3 is 2. The Hall–Kier alpha value is -3.27. The highest BCUT2D eigenvalue weighted by Gasteiger charge is 2.35. The molecule has 0 bridgehead atoms. The summed E-state index contributed by atoms with van der Waals surface area (Å²) in [5.41, 5.74) is 5.87. The van der Waals surface area contributed by atoms with Gasteiger partial charge in [0.1, 0.15) is 17.7 Å². The largest absolute Gasteiger partial charge is 0.497 e. The highest BCUT2D eigenvalue weighted by molar-refractivity contribution is 6.07. The van der Waals surface area contributed by atoms with Crippen LogP contribution in [-0.2, 0) is 6.42 Å². The molecular weight excluding hydrogens is 372 g/mol. The Kier molecular flexibility index (Phi) is 5.75. The summed E-state index contributed by atoms with van der Waals surface area (Å²) in [6.45, 7) is 4.40. The van der Waals surface area contributed by atoms with E-state index in [2.05, 4.69) is 67.3 Å². The summed E-state index contributed by atoms with van der Waals surface area (Å²) in [7, 11) is 3.38. The van der Waals surface area contributed by atoms with Crippen LogP contribution in [0, 0.1) is 0 Å². The van der Waals surface area contributed by atoms with Crippen molar-refractivity contribution in [3.63, 3.8) is 0 Å². The lowest BCUT2D eigenvalue weighted by atomic mass is 10.0. The molecule has 3 aromatic carbocycles. The van der Waals surface area contributed by atoms with Gasteiger partial charge in [0, 0.05) is 5.69 Å². The summed E-state index contributed by atoms with van der Waals surface area (Å²) < 4.78 is 10.7. The van der Waals surface area contributed by atoms with Gasteiger partial charge in [-0.25, -0.2) is 0 Å². The fraction of sp³-hybridized carbons (Fsp3) is 0.269. The predicted molar refractivity (Wildman–Crippen MR) is 123 cm³/mol. The van der Waals surface area contributed by atoms with Crippen LogP contribution in [0.2, 0.25) is 0 Å². The van der Waals surface area contributed by atoms with Crippen LogP contribution in [-0.4, -0.2) is 26.0 Å². The van der Waals surface area contributed by atoms with Crippen molar-refractivity contribution in [2.24, 2.45) is 4.99 Å². The fourth-order valence-electron chi connectivity index (χ4n) is 4.00. The highest BCUT2D eigenvalue weighted by atomic mass is 16.5. The number of aryl methyl sites for hydroxylation is 1. The molecule has 0 radical (unpaired) electrons. The normalized spacial score (nSPS) is 18.3. The molecule has 1 aliphatic heterocycles. The zero-order chi connectivity index (χ0) is 21.1. The van der Waals surface area contributed by atoms with E-state index in [1.54, 1.807) is 14.2 Å². The first-order chi connectivity index (χ1) is 14.6. The lowest BCUT2D eigenvalue weighted by Crippen LogP contribution is -2.35. The molecule has 3 aromatic rings. The van der Waals surface area contributed by atoms with Crippen LogP contribution in [0.4, 0.5) is 5.69 Å². The number of ether oxygens (including phenoxy) is 2. The Balaban J connectivity index is 1.75. The number of hydrogen-bond acceptors (Lipinski definition) is 4. The number of benzene rings is 3. The van der Waals surface area contributed by atoms with Crippen LogP contribution in [0.1, 0.15) is 36.7 Å². The number of hydrogen-bond donors (Lipinski definition) is 0. The van der Waals surface area contributed by atoms with Crippen LogP contribution >= 0.6 is 0 Å². The smallest absolute Gasteiger partial charge is 0.148 e. The minimum Gasteiger partial charge on any atom is -0.497 e. The summed E-state index contributed by atoms with van der Waals surface area (Å²) >= 11 is 0. The van der Waals surface area contributed by atoms with Gasteiger partial charge in [-0.1, -0.05) is 43.3 Å². The van der Waals surface area contributed by atoms with Gasteiger partial charge in [-0.05, 0) is 66.4 Å². The summed E-state index contributed by atoms with van der Waals surface area (Å²) in [5.74, 6) is 1.70. The maximum atomic E-state index is 5.35. The van der Waals surface area contributed by atoms with Gasteiger partial charge in [0.05, 0.1) is 26.0 Å². The molecule has 0 aromatic heterocycles. The van der Waals surface area contributed by atoms with Crippen LogP contribution in [0.25, 0.3) is 0 Å². The van der Waals surface area contributed by atoms with E-state index >= 15 is 0 Å². The van der Waals surface area contributed by atoms with Crippen LogP contribution in [0.5, 0.6) is 11.5 Å². The zero-order valence-electron chi connectivity index (χ0n) is 18.0. The monoisotopic (exact) mass is 400 g/mol. The highest BCUT2D eigenvalue weighted by Crippen LogP contribution is 2.38. The van der Waals surface area contributed by atoms with Crippen LogP contribution in [0.3, 0.4) is 0 Å². The molecule has 1 heterocycles. The molecule has 0 saturated carbocycles. The second-order valence-electron chi connectivity index (χ2n) is 7.49. The van der Waals surface area contributed by atoms with Gasteiger partial charge in [-0.3, -0.25) is 4.99 Å². The van der Waals surface area contributed by atoms with Gasteiger partial charge in [-0.15, -0.1) is 0 Å². The molecule has 154 valence electrons. The van der Waals surface area contributed by atoms with E-state index in [0.29, 0.717) is 0 Å². The predicted octanol–water partition coefficient (Wildman–Crippen LogP) is 5.66. The molecule has 0 N–H and O–H groups in total. The zero-order valence-corrected chi connectivity index (χ0v) is 18.0. The van der Waals surface area contributed by atoms with Crippen LogP contribution < -0.4 is 14.4 Å². The van der Waals surface area contributed by atoms with E-state index in [1.807, 2.05) is 24.3 Å². The third-order valence-electron chi connectivity index (χ3n) is 5.78. The van der Waals surface area contributed by atoms with E-state index in [1.165, 1.54) is 11.1 Å². The minimum absolute atomic E-state index is 0.0971. The quantitative estimate of drug-likeness (QED) is 0.535. The molecule has 4 nitrogen and oxygen atoms in total. The third-order valence-corrected chi connectivity index (χ3v) is 5.78. The van der Waals surface area contributed by atoms with Gasteiger partial charge in [-0.2, -0.15) is 0 Å². The van der Waals surface area contributed by atoms with E-state index < -0.39 is 0 Å². The Labute approximate surface area is 178 Å². The van der Waals surface area contributed by atoms with Crippen molar-refractivity contribution in [1.29, 1.82) is 0 Å². The lowest BCUT2D eigenvalue weighted by Gasteiger charge is -2.30. The molecular formula is C26H28N2O2. The molecule has 1 aliphatic rings. The number of nitrogens with zero attached hydrogens (tertiary/aromatic N) is 2. The fourth-order valence-corrected chi connectivity index (χ4v) is 4.00. The van der Waals surface area contributed by atoms with Crippen molar-refractivity contribution in [2.45, 2.75) is 32.5 Å². The maximum Gasteiger partial charge on any atom is 0.148 e. The molecule has 2 unspecified atom stereocenters. The van der Waals surface area contributed by atoms with Gasteiger partial charge < -0.3 is 14.4 Å². The molecule has 0 saturated heterocycles. The second-order valence-corrected chi connectivity index (χ2v) is 7.49. The first-order valence-electron chi connectivity index (χ1n) is 10.4. The molecule has 0 aliphatic carbocycles. The number of anilines is 1. The van der Waals surface area contributed by atoms with Crippen molar-refractivity contribution in [3.8, 4) is 11.5 Å². The van der Waals surface area contributed by atoms with E-state index in [9.17, 15) is 0 Å². The molecule has 30 heavy (non-hydrogen) atoms. The standard InChI is InChI=1S/C26H28N2O2/c1-5-19-6-8-20(9-7-19)25-18(2)28(22-12-16-24(30-4)17-13-22)26(27-25)21-10-14-23(29-3)15-11-21/h6-18,26H,5H2,1-4H3. The molecule has 0 amide bonds. The van der Waals surface area contributed by atoms with E-state index in [0.717, 1.165) is 34.9 Å². The van der Waals surface area contributed by atoms with Crippen molar-refractivity contribution in [1.82, 2.24) is 0 Å². The van der Waals surface area contributed by atoms with Crippen molar-refractivity contribution in [2.75, 3.05) is 19.1 Å². The third kappa shape index (κ3) is 3.78. The van der Waals surface area contributed by atoms with Crippen LogP contribution in [0.15, 0.2) is 77.8 Å². The van der Waals surface area contributed by atoms with Gasteiger partial charge >= 0.3 is 0 Å². The van der Waals surface area contributed by atoms with E-state index in [-0.39, 0.29) is 12.2 Å². The Morgan fingerprint density at radius 2 is 1.37 bits per heavy atom. The van der Waals surface area contributed by atoms with Gasteiger partial charge in [0.2, 0.25) is 0 Å². The molecule has 4 rings (SSSR count). The van der Waals surface area contributed by atoms with Crippen molar-refractivity contribution in [3.05, 3.63) is 89.5 Å². The maximum absolute atomic E-state index is 5.35. The molecule has 0 fully saturated rings. The molecule has 0 spiro atoms. The van der Waals surface area contributed by atoms with Gasteiger partial charge in [0.25, 0.3) is 0 Å². The summed E-state index contributed by atoms with van der Waals surface area (Å²) in [6.07, 6.45) is 0.939. The average molecular weight is 401 g/mol. The van der Waals surface area contributed by atoms with Crippen molar-refractivity contribution < 1.29 is 9.47 Å². The summed E-state index contributed by atoms with van der Waals surface area (Å²) in [6, 6.07) is 25.3. The summed E-state index contributed by atoms with van der Waals surface area (Å²) in [5, 5.41) is 0. The number of rotatable bonds is 6. The Bertz CT molecular complexity index is 1010. The van der Waals surface area contributed by atoms with Gasteiger partial charge in [0.15, 0.2) is 0 Å². The summed E-state index contributed by atoms with van der Waals surface area (Å²) in [4.78, 5) is 7.56. The Morgan fingerprint density at radius 3 is 1.90 bits per heavy atom. The molecule has 2 atom stereocenters. The lowest BCUT2D eigenvalue weighted by molar-refractivity contribution is 0.414. The second kappa shape index (κ2) is 8.62. The first-order valence-corrected chi connectivity index (χ1v) is 10.4. The topological polar surface area (TPSA) is 34.1 Å². The molecule has 4 heteroatoms. The number of aliphatic imine (C=N–C) groups is 1.